The van der Waals surface area contributed by atoms with Gasteiger partial charge in [-0.05, 0) is 23.3 Å². The van der Waals surface area contributed by atoms with Crippen LogP contribution in [0, 0.1) is 0 Å². The van der Waals surface area contributed by atoms with Crippen LogP contribution in [0.5, 0.6) is 0 Å². The van der Waals surface area contributed by atoms with Gasteiger partial charge >= 0.3 is 5.97 Å². The first-order chi connectivity index (χ1) is 12.7. The zero-order chi connectivity index (χ0) is 18.6. The molecule has 0 aliphatic heterocycles. The Bertz CT molecular complexity index is 759. The molecule has 0 aliphatic carbocycles. The number of carbonyl (C=O) groups excluding carboxylic acids is 1. The molecule has 0 spiro atoms. The topological polar surface area (TPSA) is 57.1 Å². The van der Waals surface area contributed by atoms with Gasteiger partial charge in [0.15, 0.2) is 0 Å². The van der Waals surface area contributed by atoms with E-state index in [-0.39, 0.29) is 0 Å². The lowest BCUT2D eigenvalue weighted by Gasteiger charge is -2.06. The van der Waals surface area contributed by atoms with Crippen LogP contribution in [-0.2, 0) is 32.1 Å². The van der Waals surface area contributed by atoms with Crippen molar-refractivity contribution in [1.82, 2.24) is 0 Å². The van der Waals surface area contributed by atoms with E-state index < -0.39 is 5.97 Å². The fourth-order valence-electron chi connectivity index (χ4n) is 2.07. The summed E-state index contributed by atoms with van der Waals surface area (Å²) in [7, 11) is 2.83. The molecule has 2 rings (SSSR count). The Kier molecular flexibility index (Phi) is 8.29. The summed E-state index contributed by atoms with van der Waals surface area (Å²) in [6.45, 7) is 0.442. The zero-order valence-corrected chi connectivity index (χ0v) is 15.6. The van der Waals surface area contributed by atoms with Crippen LogP contribution in [0.2, 0.25) is 0 Å². The van der Waals surface area contributed by atoms with E-state index in [0.29, 0.717) is 17.9 Å². The first-order valence-corrected chi connectivity index (χ1v) is 8.80. The van der Waals surface area contributed by atoms with Crippen molar-refractivity contribution in [1.29, 1.82) is 0 Å². The average Bonchev–Trinajstić information content (AvgIpc) is 2.68. The molecule has 136 valence electrons. The molecule has 0 unspecified atom stereocenters. The van der Waals surface area contributed by atoms with Gasteiger partial charge < -0.3 is 14.3 Å². The molecule has 6 heteroatoms. The third kappa shape index (κ3) is 6.64. The minimum Gasteiger partial charge on any atom is -0.503 e. The van der Waals surface area contributed by atoms with Gasteiger partial charge in [0.1, 0.15) is 17.8 Å². The monoisotopic (exact) mass is 371 g/mol. The molecule has 2 aromatic rings. The molecule has 0 aliphatic rings. The van der Waals surface area contributed by atoms with Crippen LogP contribution in [0.4, 0.5) is 0 Å². The molecule has 0 N–H and O–H groups in total. The number of benzene rings is 2. The van der Waals surface area contributed by atoms with Crippen molar-refractivity contribution in [2.75, 3.05) is 14.2 Å². The van der Waals surface area contributed by atoms with Crippen LogP contribution in [0.1, 0.15) is 11.1 Å². The van der Waals surface area contributed by atoms with E-state index in [2.05, 4.69) is 5.16 Å². The van der Waals surface area contributed by atoms with E-state index in [4.69, 9.17) is 14.3 Å². The molecule has 0 bridgehead atoms. The van der Waals surface area contributed by atoms with Gasteiger partial charge in [0.25, 0.3) is 0 Å². The van der Waals surface area contributed by atoms with Gasteiger partial charge in [0.05, 0.1) is 14.2 Å². The van der Waals surface area contributed by atoms with Crippen molar-refractivity contribution in [2.24, 2.45) is 5.16 Å². The molecule has 0 fully saturated rings. The summed E-state index contributed by atoms with van der Waals surface area (Å²) >= 11 is 1.29. The highest BCUT2D eigenvalue weighted by Gasteiger charge is 2.12. The smallest absolute Gasteiger partial charge is 0.347 e. The number of ether oxygens (including phenoxy) is 2. The predicted octanol–water partition coefficient (Wildman–Crippen LogP) is 4.18. The summed E-state index contributed by atoms with van der Waals surface area (Å²) in [5, 5.41) is 3.99. The number of methoxy groups -OCH3 is 2. The summed E-state index contributed by atoms with van der Waals surface area (Å²) in [5.41, 5.74) is 2.13. The Labute approximate surface area is 157 Å². The number of rotatable bonds is 9. The number of oxime groups is 1. The Morgan fingerprint density at radius 2 is 1.85 bits per heavy atom. The second-order valence-electron chi connectivity index (χ2n) is 5.21. The molecule has 0 amide bonds. The highest BCUT2D eigenvalue weighted by atomic mass is 32.2. The lowest BCUT2D eigenvalue weighted by Crippen LogP contribution is -2.02. The van der Waals surface area contributed by atoms with E-state index in [1.54, 1.807) is 6.21 Å². The first-order valence-electron chi connectivity index (χ1n) is 7.98. The van der Waals surface area contributed by atoms with E-state index in [9.17, 15) is 4.79 Å². The van der Waals surface area contributed by atoms with Crippen LogP contribution in [0.15, 0.2) is 75.8 Å². The largest absolute Gasteiger partial charge is 0.503 e. The molecule has 0 saturated carbocycles. The molecule has 0 saturated heterocycles. The molecule has 0 radical (unpaired) electrons. The highest BCUT2D eigenvalue weighted by molar-refractivity contribution is 8.04. The van der Waals surface area contributed by atoms with Crippen LogP contribution in [0.25, 0.3) is 0 Å². The number of carbonyl (C=O) groups is 1. The molecular weight excluding hydrogens is 350 g/mol. The standard InChI is InChI=1S/C20H21NO4S/c1-23-15-19(20(22)24-2)26-18-10-6-9-16(13-18)11-12-21-25-14-17-7-4-3-5-8-17/h3-10,12-13,15H,11,14H2,1-2H3. The SMILES string of the molecule is COC=C(Sc1cccc(CC=NOCc2ccccc2)c1)C(=O)OC. The lowest BCUT2D eigenvalue weighted by molar-refractivity contribution is -0.135. The van der Waals surface area contributed by atoms with Gasteiger partial charge in [-0.1, -0.05) is 59.4 Å². The summed E-state index contributed by atoms with van der Waals surface area (Å²) < 4.78 is 9.69. The second-order valence-corrected chi connectivity index (χ2v) is 6.33. The molecule has 2 aromatic carbocycles. The van der Waals surface area contributed by atoms with Crippen molar-refractivity contribution >= 4 is 23.9 Å². The van der Waals surface area contributed by atoms with E-state index in [0.717, 1.165) is 16.0 Å². The molecular formula is C20H21NO4S. The maximum Gasteiger partial charge on any atom is 0.347 e. The summed E-state index contributed by atoms with van der Waals surface area (Å²) in [6.07, 6.45) is 3.73. The van der Waals surface area contributed by atoms with Gasteiger partial charge in [-0.3, -0.25) is 0 Å². The number of nitrogens with zero attached hydrogens (tertiary/aromatic N) is 1. The van der Waals surface area contributed by atoms with Crippen molar-refractivity contribution in [2.45, 2.75) is 17.9 Å². The van der Waals surface area contributed by atoms with E-state index in [1.807, 2.05) is 54.6 Å². The van der Waals surface area contributed by atoms with E-state index >= 15 is 0 Å². The summed E-state index contributed by atoms with van der Waals surface area (Å²) in [4.78, 5) is 18.3. The summed E-state index contributed by atoms with van der Waals surface area (Å²) in [5.74, 6) is -0.432. The maximum atomic E-state index is 11.7. The normalized spacial score (nSPS) is 11.4. The van der Waals surface area contributed by atoms with Crippen LogP contribution >= 0.6 is 11.8 Å². The zero-order valence-electron chi connectivity index (χ0n) is 14.8. The number of esters is 1. The van der Waals surface area contributed by atoms with Crippen LogP contribution in [-0.4, -0.2) is 26.4 Å². The van der Waals surface area contributed by atoms with Gasteiger partial charge in [0.2, 0.25) is 0 Å². The molecule has 0 atom stereocenters. The molecule has 5 nitrogen and oxygen atoms in total. The Balaban J connectivity index is 1.89. The van der Waals surface area contributed by atoms with Crippen LogP contribution in [0.3, 0.4) is 0 Å². The number of thioether (sulfide) groups is 1. The minimum atomic E-state index is -0.432. The fourth-order valence-corrected chi connectivity index (χ4v) is 2.99. The van der Waals surface area contributed by atoms with Crippen molar-refractivity contribution in [3.63, 3.8) is 0 Å². The van der Waals surface area contributed by atoms with Crippen molar-refractivity contribution in [3.05, 3.63) is 76.9 Å². The third-order valence-corrected chi connectivity index (χ3v) is 4.26. The highest BCUT2D eigenvalue weighted by Crippen LogP contribution is 2.28. The predicted molar refractivity (Wildman–Crippen MR) is 103 cm³/mol. The van der Waals surface area contributed by atoms with Gasteiger partial charge in [0, 0.05) is 17.5 Å². The van der Waals surface area contributed by atoms with E-state index in [1.165, 1.54) is 32.2 Å². The second kappa shape index (κ2) is 11.0. The van der Waals surface area contributed by atoms with Gasteiger partial charge in [-0.15, -0.1) is 0 Å². The summed E-state index contributed by atoms with van der Waals surface area (Å²) in [6, 6.07) is 17.7. The number of hydrogen-bond acceptors (Lipinski definition) is 6. The Morgan fingerprint density at radius 3 is 2.58 bits per heavy atom. The first kappa shape index (κ1) is 19.6. The van der Waals surface area contributed by atoms with Crippen LogP contribution < -0.4 is 0 Å². The Hall–Kier alpha value is -2.73. The minimum absolute atomic E-state index is 0.381. The fraction of sp³-hybridized carbons (Fsp3) is 0.200. The molecule has 0 aromatic heterocycles. The maximum absolute atomic E-state index is 11.7. The lowest BCUT2D eigenvalue weighted by atomic mass is 10.2. The van der Waals surface area contributed by atoms with Crippen molar-refractivity contribution in [3.8, 4) is 0 Å². The third-order valence-electron chi connectivity index (χ3n) is 3.29. The number of hydrogen-bond donors (Lipinski definition) is 0. The average molecular weight is 371 g/mol. The molecule has 26 heavy (non-hydrogen) atoms. The van der Waals surface area contributed by atoms with Gasteiger partial charge in [-0.2, -0.15) is 0 Å². The van der Waals surface area contributed by atoms with Gasteiger partial charge in [-0.25, -0.2) is 4.79 Å². The Morgan fingerprint density at radius 1 is 1.08 bits per heavy atom. The van der Waals surface area contributed by atoms with Crippen molar-refractivity contribution < 1.29 is 19.1 Å². The quantitative estimate of drug-likeness (QED) is 0.165. The molecule has 0 heterocycles.